The predicted octanol–water partition coefficient (Wildman–Crippen LogP) is 4.29. The number of ether oxygens (including phenoxy) is 1. The molecule has 2 bridgehead atoms. The number of nitrogens with one attached hydrogen (secondary N) is 1. The van der Waals surface area contributed by atoms with Crippen LogP contribution < -0.4 is 10.1 Å². The zero-order chi connectivity index (χ0) is 15.4. The third-order valence-corrected chi connectivity index (χ3v) is 5.46. The molecule has 1 aromatic carbocycles. The fourth-order valence-corrected chi connectivity index (χ4v) is 4.62. The molecule has 2 aliphatic rings. The maximum absolute atomic E-state index is 6.43. The van der Waals surface area contributed by atoms with Crippen LogP contribution in [0.15, 0.2) is 16.6 Å². The molecule has 3 rings (SSSR count). The SMILES string of the molecule is CCC(C)N1C(=S)NC2CC1(C)Oc1c(Br)cc(C)cc12. The lowest BCUT2D eigenvalue weighted by Gasteiger charge is -2.54. The van der Waals surface area contributed by atoms with Gasteiger partial charge in [-0.1, -0.05) is 13.0 Å². The van der Waals surface area contributed by atoms with Crippen LogP contribution in [0.4, 0.5) is 0 Å². The number of halogens is 1. The fourth-order valence-electron chi connectivity index (χ4n) is 3.43. The van der Waals surface area contributed by atoms with E-state index in [1.165, 1.54) is 11.1 Å². The number of hydrogen-bond donors (Lipinski definition) is 1. The van der Waals surface area contributed by atoms with E-state index < -0.39 is 0 Å². The predicted molar refractivity (Wildman–Crippen MR) is 92.6 cm³/mol. The van der Waals surface area contributed by atoms with Crippen molar-refractivity contribution < 1.29 is 4.74 Å². The highest BCUT2D eigenvalue weighted by Crippen LogP contribution is 2.48. The van der Waals surface area contributed by atoms with Gasteiger partial charge in [-0.2, -0.15) is 0 Å². The molecule has 3 unspecified atom stereocenters. The highest BCUT2D eigenvalue weighted by Gasteiger charge is 2.49. The Balaban J connectivity index is 2.09. The molecule has 2 aliphatic heterocycles. The largest absolute Gasteiger partial charge is 0.467 e. The Kier molecular flexibility index (Phi) is 3.69. The molecule has 1 fully saturated rings. The normalized spacial score (nSPS) is 28.5. The van der Waals surface area contributed by atoms with E-state index in [2.05, 4.69) is 66.0 Å². The van der Waals surface area contributed by atoms with Gasteiger partial charge in [0.25, 0.3) is 0 Å². The minimum Gasteiger partial charge on any atom is -0.467 e. The van der Waals surface area contributed by atoms with Crippen molar-refractivity contribution >= 4 is 33.3 Å². The molecule has 0 aromatic heterocycles. The number of thiocarbonyl (C=S) groups is 1. The highest BCUT2D eigenvalue weighted by molar-refractivity contribution is 9.10. The maximum Gasteiger partial charge on any atom is 0.184 e. The van der Waals surface area contributed by atoms with Gasteiger partial charge in [0.1, 0.15) is 5.75 Å². The van der Waals surface area contributed by atoms with E-state index in [0.29, 0.717) is 6.04 Å². The molecule has 0 radical (unpaired) electrons. The standard InChI is InChI=1S/C16H21BrN2OS/c1-5-10(3)19-15(21)18-13-8-16(19,4)20-14-11(13)6-9(2)7-12(14)17/h6-7,10,13H,5,8H2,1-4H3,(H,18,21). The van der Waals surface area contributed by atoms with E-state index in [-0.39, 0.29) is 11.8 Å². The Morgan fingerprint density at radius 1 is 1.57 bits per heavy atom. The van der Waals surface area contributed by atoms with Crippen molar-refractivity contribution in [2.45, 2.75) is 58.3 Å². The van der Waals surface area contributed by atoms with Crippen LogP contribution in [-0.4, -0.2) is 21.8 Å². The van der Waals surface area contributed by atoms with E-state index in [4.69, 9.17) is 17.0 Å². The minimum absolute atomic E-state index is 0.225. The number of aryl methyl sites for hydroxylation is 1. The number of hydrogen-bond acceptors (Lipinski definition) is 2. The van der Waals surface area contributed by atoms with E-state index in [1.54, 1.807) is 0 Å². The maximum atomic E-state index is 6.43. The van der Waals surface area contributed by atoms with Crippen molar-refractivity contribution in [2.24, 2.45) is 0 Å². The third kappa shape index (κ3) is 2.34. The molecule has 1 N–H and O–H groups in total. The third-order valence-electron chi connectivity index (χ3n) is 4.55. The average molecular weight is 369 g/mol. The van der Waals surface area contributed by atoms with Crippen LogP contribution in [0.25, 0.3) is 0 Å². The molecule has 3 atom stereocenters. The lowest BCUT2D eigenvalue weighted by atomic mass is 9.89. The summed E-state index contributed by atoms with van der Waals surface area (Å²) < 4.78 is 7.45. The van der Waals surface area contributed by atoms with Gasteiger partial charge in [0.05, 0.1) is 10.5 Å². The smallest absolute Gasteiger partial charge is 0.184 e. The van der Waals surface area contributed by atoms with E-state index in [9.17, 15) is 0 Å². The van der Waals surface area contributed by atoms with Gasteiger partial charge in [-0.25, -0.2) is 0 Å². The summed E-state index contributed by atoms with van der Waals surface area (Å²) in [5.74, 6) is 0.947. The van der Waals surface area contributed by atoms with E-state index in [0.717, 1.165) is 28.2 Å². The molecular formula is C16H21BrN2OS. The monoisotopic (exact) mass is 368 g/mol. The lowest BCUT2D eigenvalue weighted by molar-refractivity contribution is -0.0845. The molecule has 2 heterocycles. The average Bonchev–Trinajstić information content (AvgIpc) is 2.39. The summed E-state index contributed by atoms with van der Waals surface area (Å²) in [6.07, 6.45) is 1.94. The number of nitrogens with zero attached hydrogens (tertiary/aromatic N) is 1. The van der Waals surface area contributed by atoms with Gasteiger partial charge < -0.3 is 15.0 Å². The number of benzene rings is 1. The van der Waals surface area contributed by atoms with E-state index >= 15 is 0 Å². The second-order valence-electron chi connectivity index (χ2n) is 6.28. The van der Waals surface area contributed by atoms with Crippen LogP contribution in [-0.2, 0) is 0 Å². The van der Waals surface area contributed by atoms with Crippen molar-refractivity contribution in [3.63, 3.8) is 0 Å². The van der Waals surface area contributed by atoms with Crippen molar-refractivity contribution in [3.8, 4) is 5.75 Å². The van der Waals surface area contributed by atoms with Gasteiger partial charge in [-0.15, -0.1) is 0 Å². The molecule has 5 heteroatoms. The minimum atomic E-state index is -0.382. The highest BCUT2D eigenvalue weighted by atomic mass is 79.9. The van der Waals surface area contributed by atoms with Crippen LogP contribution >= 0.6 is 28.1 Å². The van der Waals surface area contributed by atoms with Crippen molar-refractivity contribution in [1.82, 2.24) is 10.2 Å². The van der Waals surface area contributed by atoms with Crippen molar-refractivity contribution in [3.05, 3.63) is 27.7 Å². The van der Waals surface area contributed by atoms with Gasteiger partial charge in [-0.05, 0) is 67.0 Å². The van der Waals surface area contributed by atoms with E-state index in [1.807, 2.05) is 0 Å². The molecule has 0 aliphatic carbocycles. The molecule has 0 saturated carbocycles. The van der Waals surface area contributed by atoms with Crippen molar-refractivity contribution in [2.75, 3.05) is 0 Å². The summed E-state index contributed by atoms with van der Waals surface area (Å²) >= 11 is 9.26. The number of fused-ring (bicyclic) bond motifs is 4. The van der Waals surface area contributed by atoms with Crippen LogP contribution in [0.1, 0.15) is 50.8 Å². The van der Waals surface area contributed by atoms with Crippen LogP contribution in [0.5, 0.6) is 5.75 Å². The molecule has 0 amide bonds. The quantitative estimate of drug-likeness (QED) is 0.787. The summed E-state index contributed by atoms with van der Waals surface area (Å²) in [6.45, 7) is 8.63. The Labute approximate surface area is 140 Å². The first-order valence-corrected chi connectivity index (χ1v) is 8.64. The Bertz CT molecular complexity index is 606. The van der Waals surface area contributed by atoms with Gasteiger partial charge in [-0.3, -0.25) is 0 Å². The summed E-state index contributed by atoms with van der Waals surface area (Å²) in [7, 11) is 0. The molecule has 1 aromatic rings. The summed E-state index contributed by atoms with van der Waals surface area (Å²) in [5.41, 5.74) is 2.04. The van der Waals surface area contributed by atoms with Crippen molar-refractivity contribution in [1.29, 1.82) is 0 Å². The summed E-state index contributed by atoms with van der Waals surface area (Å²) in [6, 6.07) is 4.87. The zero-order valence-electron chi connectivity index (χ0n) is 12.9. The second kappa shape index (κ2) is 5.13. The molecule has 21 heavy (non-hydrogen) atoms. The Morgan fingerprint density at radius 2 is 2.29 bits per heavy atom. The van der Waals surface area contributed by atoms with Crippen LogP contribution in [0.3, 0.4) is 0 Å². The fraction of sp³-hybridized carbons (Fsp3) is 0.562. The first kappa shape index (κ1) is 15.1. The van der Waals surface area contributed by atoms with Gasteiger partial charge in [0.15, 0.2) is 10.8 Å². The van der Waals surface area contributed by atoms with Gasteiger partial charge in [0, 0.05) is 18.0 Å². The molecule has 1 saturated heterocycles. The first-order chi connectivity index (χ1) is 9.85. The summed E-state index contributed by atoms with van der Waals surface area (Å²) in [4.78, 5) is 2.22. The Hall–Kier alpha value is -0.810. The topological polar surface area (TPSA) is 24.5 Å². The molecule has 3 nitrogen and oxygen atoms in total. The van der Waals surface area contributed by atoms with Gasteiger partial charge >= 0.3 is 0 Å². The van der Waals surface area contributed by atoms with Crippen LogP contribution in [0, 0.1) is 6.92 Å². The van der Waals surface area contributed by atoms with Crippen LogP contribution in [0.2, 0.25) is 0 Å². The second-order valence-corrected chi connectivity index (χ2v) is 7.52. The lowest BCUT2D eigenvalue weighted by Crippen LogP contribution is -2.66. The van der Waals surface area contributed by atoms with Gasteiger partial charge in [0.2, 0.25) is 0 Å². The molecule has 114 valence electrons. The summed E-state index contributed by atoms with van der Waals surface area (Å²) in [5, 5.41) is 4.30. The zero-order valence-corrected chi connectivity index (χ0v) is 15.3. The Morgan fingerprint density at radius 3 is 2.95 bits per heavy atom. The molecular weight excluding hydrogens is 348 g/mol. The first-order valence-electron chi connectivity index (χ1n) is 7.44. The molecule has 0 spiro atoms. The number of rotatable bonds is 2.